The third-order valence-electron chi connectivity index (χ3n) is 4.82. The fraction of sp³-hybridized carbons (Fsp3) is 0.500. The number of hydrogen-bond acceptors (Lipinski definition) is 5. The van der Waals surface area contributed by atoms with Crippen molar-refractivity contribution in [1.82, 2.24) is 10.2 Å². The predicted molar refractivity (Wildman–Crippen MR) is 102 cm³/mol. The van der Waals surface area contributed by atoms with Crippen LogP contribution in [0.1, 0.15) is 47.2 Å². The molecule has 1 aliphatic heterocycles. The minimum absolute atomic E-state index is 0.159. The van der Waals surface area contributed by atoms with Crippen LogP contribution in [0.5, 0.6) is 0 Å². The summed E-state index contributed by atoms with van der Waals surface area (Å²) in [6.45, 7) is 1.17. The van der Waals surface area contributed by atoms with Crippen LogP contribution in [0.4, 0.5) is 0 Å². The number of aldehydes is 1. The highest BCUT2D eigenvalue weighted by Gasteiger charge is 2.33. The zero-order valence-corrected chi connectivity index (χ0v) is 16.1. The Labute approximate surface area is 164 Å². The molecule has 0 saturated carbocycles. The molecule has 1 atom stereocenters. The normalized spacial score (nSPS) is 13.9. The van der Waals surface area contributed by atoms with E-state index >= 15 is 0 Å². The summed E-state index contributed by atoms with van der Waals surface area (Å²) in [6, 6.07) is 4.95. The molecule has 1 heterocycles. The van der Waals surface area contributed by atoms with E-state index in [2.05, 4.69) is 5.32 Å². The second-order valence-electron chi connectivity index (χ2n) is 6.72. The lowest BCUT2D eigenvalue weighted by atomic mass is 10.00. The zero-order chi connectivity index (χ0) is 20.5. The van der Waals surface area contributed by atoms with Gasteiger partial charge in [0.2, 0.25) is 11.8 Å². The van der Waals surface area contributed by atoms with Crippen LogP contribution in [0.3, 0.4) is 0 Å². The molecule has 0 fully saturated rings. The number of ether oxygens (including phenoxy) is 1. The molecule has 0 aromatic heterocycles. The van der Waals surface area contributed by atoms with Gasteiger partial charge in [0.25, 0.3) is 5.91 Å². The Morgan fingerprint density at radius 1 is 1.32 bits per heavy atom. The van der Waals surface area contributed by atoms with Crippen molar-refractivity contribution in [1.29, 1.82) is 0 Å². The third-order valence-corrected chi connectivity index (χ3v) is 4.82. The molecule has 0 radical (unpaired) electrons. The van der Waals surface area contributed by atoms with Crippen molar-refractivity contribution < 1.29 is 23.9 Å². The number of benzene rings is 1. The van der Waals surface area contributed by atoms with Crippen molar-refractivity contribution in [3.05, 3.63) is 34.9 Å². The van der Waals surface area contributed by atoms with E-state index in [0.29, 0.717) is 31.7 Å². The summed E-state index contributed by atoms with van der Waals surface area (Å²) in [5.74, 6) is -0.725. The molecule has 0 bridgehead atoms. The van der Waals surface area contributed by atoms with Crippen molar-refractivity contribution in [2.45, 2.75) is 44.7 Å². The molecule has 8 nitrogen and oxygen atoms in total. The molecule has 2 rings (SSSR count). The van der Waals surface area contributed by atoms with E-state index in [1.807, 2.05) is 12.1 Å². The van der Waals surface area contributed by atoms with Crippen LogP contribution in [-0.2, 0) is 32.1 Å². The number of nitrogens with zero attached hydrogens (tertiary/aromatic N) is 1. The van der Waals surface area contributed by atoms with Gasteiger partial charge in [-0.3, -0.25) is 14.4 Å². The smallest absolute Gasteiger partial charge is 0.255 e. The number of aryl methyl sites for hydroxylation is 1. The van der Waals surface area contributed by atoms with Crippen LogP contribution in [-0.4, -0.2) is 55.2 Å². The van der Waals surface area contributed by atoms with Gasteiger partial charge < -0.3 is 25.5 Å². The molecular formula is C20H27N3O5. The first kappa shape index (κ1) is 21.6. The minimum atomic E-state index is -0.623. The maximum atomic E-state index is 12.7. The van der Waals surface area contributed by atoms with Gasteiger partial charge in [0.05, 0.1) is 12.6 Å². The second kappa shape index (κ2) is 10.6. The van der Waals surface area contributed by atoms with Gasteiger partial charge in [-0.15, -0.1) is 0 Å². The van der Waals surface area contributed by atoms with Crippen molar-refractivity contribution in [2.24, 2.45) is 5.73 Å². The maximum Gasteiger partial charge on any atom is 0.255 e. The van der Waals surface area contributed by atoms with Gasteiger partial charge in [0, 0.05) is 38.6 Å². The number of nitrogens with one attached hydrogen (secondary N) is 1. The zero-order valence-electron chi connectivity index (χ0n) is 16.1. The summed E-state index contributed by atoms with van der Waals surface area (Å²) in [6.07, 6.45) is 2.90. The van der Waals surface area contributed by atoms with Crippen molar-refractivity contribution in [3.8, 4) is 0 Å². The summed E-state index contributed by atoms with van der Waals surface area (Å²) in [5, 5.41) is 2.52. The van der Waals surface area contributed by atoms with Crippen molar-refractivity contribution in [3.63, 3.8) is 0 Å². The minimum Gasteiger partial charge on any atom is -0.381 e. The Hall–Kier alpha value is -2.74. The van der Waals surface area contributed by atoms with Crippen molar-refractivity contribution in [2.75, 3.05) is 20.3 Å². The maximum absolute atomic E-state index is 12.7. The second-order valence-corrected chi connectivity index (χ2v) is 6.72. The van der Waals surface area contributed by atoms with Gasteiger partial charge in [-0.2, -0.15) is 0 Å². The van der Waals surface area contributed by atoms with Gasteiger partial charge in [-0.05, 0) is 36.5 Å². The highest BCUT2D eigenvalue weighted by Crippen LogP contribution is 2.29. The first-order valence-electron chi connectivity index (χ1n) is 9.41. The van der Waals surface area contributed by atoms with Gasteiger partial charge >= 0.3 is 0 Å². The molecule has 3 N–H and O–H groups in total. The van der Waals surface area contributed by atoms with Crippen LogP contribution in [0.25, 0.3) is 0 Å². The molecule has 1 unspecified atom stereocenters. The molecule has 0 aliphatic carbocycles. The van der Waals surface area contributed by atoms with Gasteiger partial charge in [-0.25, -0.2) is 0 Å². The Morgan fingerprint density at radius 3 is 2.79 bits per heavy atom. The largest absolute Gasteiger partial charge is 0.381 e. The standard InChI is InChI=1S/C20H27N3O5/c1-22-19(26)8-7-15(13-24)23-12-17-14(4-2-6-16(17)20(23)27)5-3-10-28-11-9-18(21)25/h2,4,6,13,15H,3,5,7-12H2,1H3,(H2,21,25)(H,22,26). The molecule has 152 valence electrons. The van der Waals surface area contributed by atoms with Gasteiger partial charge in [0.15, 0.2) is 0 Å². The van der Waals surface area contributed by atoms with E-state index in [1.165, 1.54) is 4.90 Å². The highest BCUT2D eigenvalue weighted by atomic mass is 16.5. The Bertz CT molecular complexity index is 735. The number of nitrogens with two attached hydrogens (primary N) is 1. The van der Waals surface area contributed by atoms with Gasteiger partial charge in [0.1, 0.15) is 6.29 Å². The lowest BCUT2D eigenvalue weighted by Gasteiger charge is -2.22. The fourth-order valence-corrected chi connectivity index (χ4v) is 3.26. The lowest BCUT2D eigenvalue weighted by Crippen LogP contribution is -2.37. The van der Waals surface area contributed by atoms with Crippen LogP contribution < -0.4 is 11.1 Å². The number of fused-ring (bicyclic) bond motifs is 1. The number of rotatable bonds is 12. The molecule has 1 aromatic rings. The van der Waals surface area contributed by atoms with Crippen LogP contribution in [0.15, 0.2) is 18.2 Å². The molecule has 8 heteroatoms. The lowest BCUT2D eigenvalue weighted by molar-refractivity contribution is -0.121. The van der Waals surface area contributed by atoms with Gasteiger partial charge in [-0.1, -0.05) is 12.1 Å². The summed E-state index contributed by atoms with van der Waals surface area (Å²) in [5.41, 5.74) is 7.65. The Morgan fingerprint density at radius 2 is 2.11 bits per heavy atom. The molecule has 28 heavy (non-hydrogen) atoms. The van der Waals surface area contributed by atoms with E-state index in [1.54, 1.807) is 13.1 Å². The molecule has 1 aromatic carbocycles. The van der Waals surface area contributed by atoms with Crippen LogP contribution in [0.2, 0.25) is 0 Å². The summed E-state index contributed by atoms with van der Waals surface area (Å²) >= 11 is 0. The molecule has 1 aliphatic rings. The van der Waals surface area contributed by atoms with E-state index in [9.17, 15) is 19.2 Å². The van der Waals surface area contributed by atoms with E-state index in [0.717, 1.165) is 30.3 Å². The third kappa shape index (κ3) is 5.63. The highest BCUT2D eigenvalue weighted by molar-refractivity contribution is 6.00. The molecule has 0 spiro atoms. The number of primary amides is 1. The first-order valence-corrected chi connectivity index (χ1v) is 9.41. The quantitative estimate of drug-likeness (QED) is 0.400. The number of carbonyl (C=O) groups excluding carboxylic acids is 4. The summed E-state index contributed by atoms with van der Waals surface area (Å²) < 4.78 is 5.39. The molecule has 0 saturated heterocycles. The number of hydrogen-bond donors (Lipinski definition) is 2. The summed E-state index contributed by atoms with van der Waals surface area (Å²) in [7, 11) is 1.54. The molecular weight excluding hydrogens is 362 g/mol. The van der Waals surface area contributed by atoms with E-state index < -0.39 is 6.04 Å². The van der Waals surface area contributed by atoms with E-state index in [-0.39, 0.29) is 30.6 Å². The van der Waals surface area contributed by atoms with Crippen molar-refractivity contribution >= 4 is 24.0 Å². The average molecular weight is 389 g/mol. The summed E-state index contributed by atoms with van der Waals surface area (Å²) in [4.78, 5) is 47.9. The Balaban J connectivity index is 1.96. The number of carbonyl (C=O) groups is 4. The predicted octanol–water partition coefficient (Wildman–Crippen LogP) is 0.561. The Kier molecular flexibility index (Phi) is 8.13. The topological polar surface area (TPSA) is 119 Å². The number of amides is 3. The molecule has 3 amide bonds. The average Bonchev–Trinajstić information content (AvgIpc) is 3.02. The fourth-order valence-electron chi connectivity index (χ4n) is 3.26. The monoisotopic (exact) mass is 389 g/mol. The first-order chi connectivity index (χ1) is 13.5. The van der Waals surface area contributed by atoms with E-state index in [4.69, 9.17) is 10.5 Å². The SMILES string of the molecule is CNC(=O)CCC(C=O)N1Cc2c(CCCOCCC(N)=O)cccc2C1=O. The van der Waals surface area contributed by atoms with Crippen LogP contribution >= 0.6 is 0 Å². The van der Waals surface area contributed by atoms with Crippen LogP contribution in [0, 0.1) is 0 Å².